The van der Waals surface area contributed by atoms with Gasteiger partial charge in [0.1, 0.15) is 0 Å². The molecule has 0 aliphatic carbocycles. The lowest BCUT2D eigenvalue weighted by Crippen LogP contribution is -2.24. The molecule has 3 heteroatoms. The molecule has 0 aromatic heterocycles. The molecular formula is C11H24N2O. The van der Waals surface area contributed by atoms with Crippen LogP contribution in [0.5, 0.6) is 0 Å². The van der Waals surface area contributed by atoms with Crippen molar-refractivity contribution in [1.82, 2.24) is 4.90 Å². The van der Waals surface area contributed by atoms with E-state index in [1.807, 2.05) is 0 Å². The minimum absolute atomic E-state index is 0.729. The van der Waals surface area contributed by atoms with Crippen molar-refractivity contribution in [2.75, 3.05) is 39.4 Å². The number of hydrogen-bond acceptors (Lipinski definition) is 3. The van der Waals surface area contributed by atoms with Crippen molar-refractivity contribution in [3.05, 3.63) is 0 Å². The lowest BCUT2D eigenvalue weighted by atomic mass is 9.99. The molecular weight excluding hydrogens is 176 g/mol. The third-order valence-corrected chi connectivity index (χ3v) is 3.06. The molecule has 84 valence electrons. The smallest absolute Gasteiger partial charge is 0.0509 e. The number of nitrogens with zero attached hydrogens (tertiary/aromatic N) is 1. The fraction of sp³-hybridized carbons (Fsp3) is 1.00. The summed E-state index contributed by atoms with van der Waals surface area (Å²) in [6.45, 7) is 10.5. The summed E-state index contributed by atoms with van der Waals surface area (Å²) in [5.74, 6) is 1.51. The Kier molecular flexibility index (Phi) is 5.45. The van der Waals surface area contributed by atoms with Gasteiger partial charge in [-0.1, -0.05) is 6.92 Å². The largest absolute Gasteiger partial charge is 0.381 e. The van der Waals surface area contributed by atoms with E-state index in [0.717, 1.165) is 44.6 Å². The van der Waals surface area contributed by atoms with Gasteiger partial charge < -0.3 is 15.4 Å². The summed E-state index contributed by atoms with van der Waals surface area (Å²) in [6, 6.07) is 0. The van der Waals surface area contributed by atoms with Crippen molar-refractivity contribution < 1.29 is 4.74 Å². The standard InChI is InChI=1S/C11H24N2O/c1-3-14-9-11-8-13(6-4-5-12)7-10(11)2/h10-11H,3-9,12H2,1-2H3/t10-,11-/m1/s1. The molecule has 1 saturated heterocycles. The predicted molar refractivity (Wildman–Crippen MR) is 59.3 cm³/mol. The maximum atomic E-state index is 5.50. The Morgan fingerprint density at radius 1 is 1.43 bits per heavy atom. The van der Waals surface area contributed by atoms with Crippen molar-refractivity contribution in [3.63, 3.8) is 0 Å². The van der Waals surface area contributed by atoms with Gasteiger partial charge in [0.05, 0.1) is 6.61 Å². The van der Waals surface area contributed by atoms with Crippen molar-refractivity contribution >= 4 is 0 Å². The lowest BCUT2D eigenvalue weighted by molar-refractivity contribution is 0.101. The SMILES string of the molecule is CCOC[C@H]1CN(CCCN)C[C@H]1C. The number of nitrogens with two attached hydrogens (primary N) is 1. The second kappa shape index (κ2) is 6.38. The summed E-state index contributed by atoms with van der Waals surface area (Å²) in [4.78, 5) is 2.52. The van der Waals surface area contributed by atoms with Crippen LogP contribution in [-0.4, -0.2) is 44.3 Å². The van der Waals surface area contributed by atoms with E-state index in [4.69, 9.17) is 10.5 Å². The fourth-order valence-corrected chi connectivity index (χ4v) is 2.13. The zero-order valence-electron chi connectivity index (χ0n) is 9.54. The van der Waals surface area contributed by atoms with Gasteiger partial charge in [-0.3, -0.25) is 0 Å². The number of hydrogen-bond donors (Lipinski definition) is 1. The van der Waals surface area contributed by atoms with Crippen LogP contribution < -0.4 is 5.73 Å². The fourth-order valence-electron chi connectivity index (χ4n) is 2.13. The molecule has 0 spiro atoms. The summed E-state index contributed by atoms with van der Waals surface area (Å²) in [5, 5.41) is 0. The highest BCUT2D eigenvalue weighted by Gasteiger charge is 2.28. The molecule has 0 saturated carbocycles. The monoisotopic (exact) mass is 200 g/mol. The molecule has 2 N–H and O–H groups in total. The van der Waals surface area contributed by atoms with Gasteiger partial charge in [-0.2, -0.15) is 0 Å². The summed E-state index contributed by atoms with van der Waals surface area (Å²) in [7, 11) is 0. The van der Waals surface area contributed by atoms with Gasteiger partial charge in [-0.25, -0.2) is 0 Å². The average molecular weight is 200 g/mol. The van der Waals surface area contributed by atoms with Crippen molar-refractivity contribution in [2.45, 2.75) is 20.3 Å². The summed E-state index contributed by atoms with van der Waals surface area (Å²) in [5.41, 5.74) is 5.50. The van der Waals surface area contributed by atoms with E-state index in [1.165, 1.54) is 13.1 Å². The minimum Gasteiger partial charge on any atom is -0.381 e. The first-order valence-corrected chi connectivity index (χ1v) is 5.78. The second-order valence-corrected chi connectivity index (χ2v) is 4.30. The molecule has 14 heavy (non-hydrogen) atoms. The average Bonchev–Trinajstić information content (AvgIpc) is 2.53. The Hall–Kier alpha value is -0.120. The predicted octanol–water partition coefficient (Wildman–Crippen LogP) is 0.940. The second-order valence-electron chi connectivity index (χ2n) is 4.30. The van der Waals surface area contributed by atoms with E-state index < -0.39 is 0 Å². The van der Waals surface area contributed by atoms with Gasteiger partial charge in [0.2, 0.25) is 0 Å². The van der Waals surface area contributed by atoms with Crippen LogP contribution in [0.25, 0.3) is 0 Å². The topological polar surface area (TPSA) is 38.5 Å². The van der Waals surface area contributed by atoms with Gasteiger partial charge in [0.15, 0.2) is 0 Å². The van der Waals surface area contributed by atoms with Crippen LogP contribution in [0.1, 0.15) is 20.3 Å². The molecule has 1 heterocycles. The third-order valence-electron chi connectivity index (χ3n) is 3.06. The van der Waals surface area contributed by atoms with Crippen LogP contribution >= 0.6 is 0 Å². The van der Waals surface area contributed by atoms with E-state index >= 15 is 0 Å². The summed E-state index contributed by atoms with van der Waals surface area (Å²) < 4.78 is 5.49. The Labute approximate surface area is 87.6 Å². The van der Waals surface area contributed by atoms with E-state index in [0.29, 0.717) is 0 Å². The normalized spacial score (nSPS) is 28.5. The molecule has 1 aliphatic heterocycles. The van der Waals surface area contributed by atoms with E-state index in [1.54, 1.807) is 0 Å². The molecule has 2 atom stereocenters. The van der Waals surface area contributed by atoms with E-state index in [2.05, 4.69) is 18.7 Å². The van der Waals surface area contributed by atoms with Crippen LogP contribution in [0.15, 0.2) is 0 Å². The Morgan fingerprint density at radius 2 is 2.21 bits per heavy atom. The van der Waals surface area contributed by atoms with Crippen LogP contribution in [0, 0.1) is 11.8 Å². The van der Waals surface area contributed by atoms with Crippen molar-refractivity contribution in [2.24, 2.45) is 17.6 Å². The summed E-state index contributed by atoms with van der Waals surface area (Å²) in [6.07, 6.45) is 1.12. The first-order valence-electron chi connectivity index (χ1n) is 5.78. The Morgan fingerprint density at radius 3 is 2.86 bits per heavy atom. The molecule has 1 aliphatic rings. The number of ether oxygens (including phenoxy) is 1. The van der Waals surface area contributed by atoms with Crippen LogP contribution in [-0.2, 0) is 4.74 Å². The third kappa shape index (κ3) is 3.56. The molecule has 1 fully saturated rings. The Balaban J connectivity index is 2.21. The highest BCUT2D eigenvalue weighted by atomic mass is 16.5. The van der Waals surface area contributed by atoms with Gasteiger partial charge in [0, 0.05) is 19.7 Å². The van der Waals surface area contributed by atoms with Crippen LogP contribution in [0.2, 0.25) is 0 Å². The molecule has 0 aromatic carbocycles. The number of rotatable bonds is 6. The highest BCUT2D eigenvalue weighted by Crippen LogP contribution is 2.22. The zero-order valence-corrected chi connectivity index (χ0v) is 9.54. The first kappa shape index (κ1) is 12.0. The number of likely N-dealkylation sites (tertiary alicyclic amines) is 1. The van der Waals surface area contributed by atoms with Gasteiger partial charge in [0.25, 0.3) is 0 Å². The highest BCUT2D eigenvalue weighted by molar-refractivity contribution is 4.81. The Bertz CT molecular complexity index is 152. The molecule has 1 rings (SSSR count). The lowest BCUT2D eigenvalue weighted by Gasteiger charge is -2.15. The summed E-state index contributed by atoms with van der Waals surface area (Å²) >= 11 is 0. The molecule has 0 bridgehead atoms. The van der Waals surface area contributed by atoms with E-state index in [9.17, 15) is 0 Å². The van der Waals surface area contributed by atoms with Crippen molar-refractivity contribution in [3.8, 4) is 0 Å². The molecule has 0 aromatic rings. The molecule has 3 nitrogen and oxygen atoms in total. The molecule has 0 radical (unpaired) electrons. The molecule has 0 amide bonds. The van der Waals surface area contributed by atoms with Crippen LogP contribution in [0.4, 0.5) is 0 Å². The zero-order chi connectivity index (χ0) is 10.4. The van der Waals surface area contributed by atoms with Crippen molar-refractivity contribution in [1.29, 1.82) is 0 Å². The quantitative estimate of drug-likeness (QED) is 0.693. The maximum Gasteiger partial charge on any atom is 0.0509 e. The maximum absolute atomic E-state index is 5.50. The first-order chi connectivity index (χ1) is 6.77. The van der Waals surface area contributed by atoms with E-state index in [-0.39, 0.29) is 0 Å². The minimum atomic E-state index is 0.729. The van der Waals surface area contributed by atoms with Gasteiger partial charge in [-0.15, -0.1) is 0 Å². The molecule has 0 unspecified atom stereocenters. The van der Waals surface area contributed by atoms with Gasteiger partial charge >= 0.3 is 0 Å². The van der Waals surface area contributed by atoms with Gasteiger partial charge in [-0.05, 0) is 38.3 Å². The van der Waals surface area contributed by atoms with Crippen LogP contribution in [0.3, 0.4) is 0 Å².